The summed E-state index contributed by atoms with van der Waals surface area (Å²) in [4.78, 5) is 28.2. The van der Waals surface area contributed by atoms with Gasteiger partial charge in [0.2, 0.25) is 0 Å². The molecule has 0 unspecified atom stereocenters. The van der Waals surface area contributed by atoms with Gasteiger partial charge in [-0.15, -0.1) is 0 Å². The molecule has 0 spiro atoms. The standard InChI is InChI=1S/C21H24N4O3/c26-18-12-17(14-8-10-24(11-9-14)21(27)28)25-20(22-18)19-15(13-4-1-2-5-13)6-3-7-16(19)23-25/h3,6-7,12-14H,1-2,4-5,8-11H2,(H,22,26)(H,27,28). The maximum Gasteiger partial charge on any atom is 0.407 e. The number of nitrogens with zero attached hydrogens (tertiary/aromatic N) is 3. The molecule has 3 aromatic rings. The van der Waals surface area contributed by atoms with Gasteiger partial charge in [-0.1, -0.05) is 25.0 Å². The number of rotatable bonds is 2. The Morgan fingerprint density at radius 3 is 2.57 bits per heavy atom. The normalized spacial score (nSPS) is 19.1. The zero-order valence-electron chi connectivity index (χ0n) is 15.7. The predicted molar refractivity (Wildman–Crippen MR) is 106 cm³/mol. The summed E-state index contributed by atoms with van der Waals surface area (Å²) in [6.07, 6.45) is 5.42. The predicted octanol–water partition coefficient (Wildman–Crippen LogP) is 3.69. The highest BCUT2D eigenvalue weighted by Crippen LogP contribution is 2.39. The molecule has 0 bridgehead atoms. The van der Waals surface area contributed by atoms with Crippen LogP contribution in [0.15, 0.2) is 29.1 Å². The molecule has 1 aromatic carbocycles. The summed E-state index contributed by atoms with van der Waals surface area (Å²) in [5.74, 6) is 0.660. The van der Waals surface area contributed by atoms with E-state index in [0.717, 1.165) is 22.2 Å². The first kappa shape index (κ1) is 17.3. The minimum Gasteiger partial charge on any atom is -0.465 e. The van der Waals surface area contributed by atoms with Crippen molar-refractivity contribution in [3.63, 3.8) is 0 Å². The second-order valence-electron chi connectivity index (χ2n) is 8.09. The van der Waals surface area contributed by atoms with Gasteiger partial charge in [0.05, 0.1) is 11.2 Å². The molecule has 7 nitrogen and oxygen atoms in total. The number of amides is 1. The molecular formula is C21H24N4O3. The van der Waals surface area contributed by atoms with Crippen molar-refractivity contribution in [2.24, 2.45) is 0 Å². The largest absolute Gasteiger partial charge is 0.465 e. The molecule has 1 amide bonds. The zero-order valence-corrected chi connectivity index (χ0v) is 15.7. The smallest absolute Gasteiger partial charge is 0.407 e. The summed E-state index contributed by atoms with van der Waals surface area (Å²) in [7, 11) is 0. The summed E-state index contributed by atoms with van der Waals surface area (Å²) in [5.41, 5.74) is 3.75. The molecule has 28 heavy (non-hydrogen) atoms. The number of piperidine rings is 1. The van der Waals surface area contributed by atoms with E-state index in [0.29, 0.717) is 31.8 Å². The number of H-pyrrole nitrogens is 1. The van der Waals surface area contributed by atoms with E-state index < -0.39 is 6.09 Å². The Hall–Kier alpha value is -2.83. The first-order valence-corrected chi connectivity index (χ1v) is 10.1. The maximum atomic E-state index is 12.5. The number of aromatic amines is 1. The molecule has 1 saturated carbocycles. The molecule has 5 rings (SSSR count). The summed E-state index contributed by atoms with van der Waals surface area (Å²) in [5, 5.41) is 15.1. The summed E-state index contributed by atoms with van der Waals surface area (Å²) in [6, 6.07) is 7.88. The monoisotopic (exact) mass is 380 g/mol. The Balaban J connectivity index is 1.63. The van der Waals surface area contributed by atoms with Crippen LogP contribution in [0.4, 0.5) is 4.79 Å². The van der Waals surface area contributed by atoms with E-state index in [1.165, 1.54) is 36.1 Å². The fraction of sp³-hybridized carbons (Fsp3) is 0.476. The molecule has 1 aliphatic carbocycles. The van der Waals surface area contributed by atoms with E-state index in [1.54, 1.807) is 6.07 Å². The number of carbonyl (C=O) groups is 1. The van der Waals surface area contributed by atoms with Crippen molar-refractivity contribution in [3.05, 3.63) is 45.9 Å². The third kappa shape index (κ3) is 2.77. The Morgan fingerprint density at radius 2 is 1.86 bits per heavy atom. The molecule has 7 heteroatoms. The average Bonchev–Trinajstić information content (AvgIpc) is 3.35. The SMILES string of the molecule is O=C(O)N1CCC(c2cc(=O)[nH]c3c4c(C5CCCC5)cccc4nn23)CC1. The van der Waals surface area contributed by atoms with Crippen LogP contribution in [0, 0.1) is 0 Å². The maximum absolute atomic E-state index is 12.5. The van der Waals surface area contributed by atoms with Crippen molar-refractivity contribution >= 4 is 22.6 Å². The molecule has 2 fully saturated rings. The Labute approximate surface area is 162 Å². The Kier molecular flexibility index (Phi) is 4.10. The molecule has 3 heterocycles. The lowest BCUT2D eigenvalue weighted by atomic mass is 9.93. The number of hydrogen-bond acceptors (Lipinski definition) is 3. The number of aromatic nitrogens is 3. The van der Waals surface area contributed by atoms with Gasteiger partial charge in [-0.05, 0) is 43.2 Å². The topological polar surface area (TPSA) is 90.7 Å². The molecular weight excluding hydrogens is 356 g/mol. The van der Waals surface area contributed by atoms with Crippen LogP contribution in [-0.4, -0.2) is 43.8 Å². The Morgan fingerprint density at radius 1 is 1.11 bits per heavy atom. The van der Waals surface area contributed by atoms with Crippen molar-refractivity contribution in [1.82, 2.24) is 19.5 Å². The molecule has 0 atom stereocenters. The van der Waals surface area contributed by atoms with E-state index in [1.807, 2.05) is 10.6 Å². The lowest BCUT2D eigenvalue weighted by Gasteiger charge is -2.30. The van der Waals surface area contributed by atoms with Gasteiger partial charge in [-0.2, -0.15) is 5.10 Å². The third-order valence-corrected chi connectivity index (χ3v) is 6.47. The number of carboxylic acid groups (broad SMARTS) is 1. The fourth-order valence-electron chi connectivity index (χ4n) is 5.05. The third-order valence-electron chi connectivity index (χ3n) is 6.47. The van der Waals surface area contributed by atoms with Gasteiger partial charge in [0.1, 0.15) is 5.65 Å². The molecule has 1 aliphatic heterocycles. The average molecular weight is 380 g/mol. The van der Waals surface area contributed by atoms with Gasteiger partial charge in [0.15, 0.2) is 0 Å². The second kappa shape index (κ2) is 6.65. The lowest BCUT2D eigenvalue weighted by molar-refractivity contribution is 0.131. The molecule has 0 radical (unpaired) electrons. The first-order chi connectivity index (χ1) is 13.6. The van der Waals surface area contributed by atoms with Crippen molar-refractivity contribution in [1.29, 1.82) is 0 Å². The Bertz CT molecular complexity index is 1100. The molecule has 1 saturated heterocycles. The highest BCUT2D eigenvalue weighted by molar-refractivity contribution is 5.95. The number of fused-ring (bicyclic) bond motifs is 3. The van der Waals surface area contributed by atoms with Gasteiger partial charge in [0.25, 0.3) is 5.56 Å². The first-order valence-electron chi connectivity index (χ1n) is 10.1. The summed E-state index contributed by atoms with van der Waals surface area (Å²) < 4.78 is 1.89. The number of nitrogens with one attached hydrogen (secondary N) is 1. The van der Waals surface area contributed by atoms with Crippen LogP contribution in [0.3, 0.4) is 0 Å². The molecule has 2 aromatic heterocycles. The number of benzene rings is 1. The van der Waals surface area contributed by atoms with Crippen molar-refractivity contribution < 1.29 is 9.90 Å². The zero-order chi connectivity index (χ0) is 19.3. The van der Waals surface area contributed by atoms with Gasteiger partial charge in [0, 0.05) is 30.5 Å². The van der Waals surface area contributed by atoms with Crippen molar-refractivity contribution in [2.75, 3.05) is 13.1 Å². The van der Waals surface area contributed by atoms with Crippen molar-refractivity contribution in [2.45, 2.75) is 50.4 Å². The van der Waals surface area contributed by atoms with E-state index in [4.69, 9.17) is 5.10 Å². The fourth-order valence-corrected chi connectivity index (χ4v) is 5.05. The summed E-state index contributed by atoms with van der Waals surface area (Å²) in [6.45, 7) is 0.977. The van der Waals surface area contributed by atoms with E-state index in [-0.39, 0.29) is 11.5 Å². The van der Waals surface area contributed by atoms with Gasteiger partial charge in [-0.3, -0.25) is 4.79 Å². The van der Waals surface area contributed by atoms with Crippen LogP contribution < -0.4 is 5.56 Å². The minimum atomic E-state index is -0.875. The van der Waals surface area contributed by atoms with Crippen LogP contribution in [0.2, 0.25) is 0 Å². The van der Waals surface area contributed by atoms with Crippen LogP contribution in [0.25, 0.3) is 16.6 Å². The number of hydrogen-bond donors (Lipinski definition) is 2. The quantitative estimate of drug-likeness (QED) is 0.709. The van der Waals surface area contributed by atoms with Gasteiger partial charge >= 0.3 is 6.09 Å². The second-order valence-corrected chi connectivity index (χ2v) is 8.09. The minimum absolute atomic E-state index is 0.119. The van der Waals surface area contributed by atoms with Gasteiger partial charge < -0.3 is 15.0 Å². The summed E-state index contributed by atoms with van der Waals surface area (Å²) >= 11 is 0. The van der Waals surface area contributed by atoms with Crippen LogP contribution in [0.5, 0.6) is 0 Å². The highest BCUT2D eigenvalue weighted by Gasteiger charge is 2.27. The molecule has 2 N–H and O–H groups in total. The molecule has 146 valence electrons. The van der Waals surface area contributed by atoms with E-state index in [9.17, 15) is 14.7 Å². The number of likely N-dealkylation sites (tertiary alicyclic amines) is 1. The van der Waals surface area contributed by atoms with Crippen molar-refractivity contribution in [3.8, 4) is 0 Å². The molecule has 2 aliphatic rings. The van der Waals surface area contributed by atoms with Crippen LogP contribution >= 0.6 is 0 Å². The highest BCUT2D eigenvalue weighted by atomic mass is 16.4. The van der Waals surface area contributed by atoms with Crippen LogP contribution in [0.1, 0.15) is 61.6 Å². The van der Waals surface area contributed by atoms with E-state index >= 15 is 0 Å². The van der Waals surface area contributed by atoms with Gasteiger partial charge in [-0.25, -0.2) is 9.31 Å². The lowest BCUT2D eigenvalue weighted by Crippen LogP contribution is -2.37. The van der Waals surface area contributed by atoms with Crippen LogP contribution in [-0.2, 0) is 0 Å². The van der Waals surface area contributed by atoms with E-state index in [2.05, 4.69) is 17.1 Å².